The Morgan fingerprint density at radius 1 is 1.31 bits per heavy atom. The van der Waals surface area contributed by atoms with Gasteiger partial charge in [-0.3, -0.25) is 14.9 Å². The first-order valence-electron chi connectivity index (χ1n) is 9.00. The Morgan fingerprint density at radius 2 is 1.97 bits per heavy atom. The van der Waals surface area contributed by atoms with Crippen LogP contribution in [0.15, 0.2) is 41.0 Å². The highest BCUT2D eigenvalue weighted by Crippen LogP contribution is 2.25. The average Bonchev–Trinajstić information content (AvgIpc) is 2.73. The number of nitro groups is 1. The summed E-state index contributed by atoms with van der Waals surface area (Å²) in [7, 11) is -4.50. The lowest BCUT2D eigenvalue weighted by Crippen LogP contribution is -2.63. The summed E-state index contributed by atoms with van der Waals surface area (Å²) in [5.41, 5.74) is -0.514. The third-order valence-electron chi connectivity index (χ3n) is 4.46. The highest BCUT2D eigenvalue weighted by atomic mass is 32.2. The molecule has 1 amide bonds. The van der Waals surface area contributed by atoms with Crippen LogP contribution in [0, 0.1) is 10.1 Å². The van der Waals surface area contributed by atoms with Crippen molar-refractivity contribution in [1.29, 1.82) is 0 Å². The Bertz CT molecular complexity index is 1030. The van der Waals surface area contributed by atoms with Gasteiger partial charge in [-0.05, 0) is 12.1 Å². The maximum Gasteiger partial charge on any atom is 0.370 e. The van der Waals surface area contributed by atoms with Crippen molar-refractivity contribution in [3.8, 4) is 0 Å². The summed E-state index contributed by atoms with van der Waals surface area (Å²) in [5.74, 6) is -3.14. The standard InChI is InChI=1S/C17H21N3O11S/c1-8(22)18-14-11(6-13(17(25)26)31-16(14)15(24)12(23)7-21)19-32(29,30)10-4-2-3-9(5-10)20(27)28/h2-6,11-12,14-16,19,21,23-24H,7H2,1H3,(H,18,22)(H,25,26)/t11-,12?,14+,15+,16+/m0/s1. The summed E-state index contributed by atoms with van der Waals surface area (Å²) < 4.78 is 32.9. The molecule has 2 rings (SSSR count). The van der Waals surface area contributed by atoms with Crippen molar-refractivity contribution in [2.75, 3.05) is 6.61 Å². The summed E-state index contributed by atoms with van der Waals surface area (Å²) in [4.78, 5) is 32.8. The number of aliphatic hydroxyl groups is 3. The van der Waals surface area contributed by atoms with E-state index in [2.05, 4.69) is 10.0 Å². The van der Waals surface area contributed by atoms with Crippen LogP contribution in [0.3, 0.4) is 0 Å². The monoisotopic (exact) mass is 475 g/mol. The summed E-state index contributed by atoms with van der Waals surface area (Å²) in [6.45, 7) is 0.123. The number of ether oxygens (including phenoxy) is 1. The Labute approximate surface area is 181 Å². The van der Waals surface area contributed by atoms with Crippen LogP contribution in [0.25, 0.3) is 0 Å². The zero-order valence-electron chi connectivity index (χ0n) is 16.5. The molecule has 0 radical (unpaired) electrons. The van der Waals surface area contributed by atoms with Crippen LogP contribution in [0.2, 0.25) is 0 Å². The van der Waals surface area contributed by atoms with E-state index in [-0.39, 0.29) is 0 Å². The first-order chi connectivity index (χ1) is 14.9. The molecule has 1 aromatic carbocycles. The van der Waals surface area contributed by atoms with E-state index in [1.807, 2.05) is 0 Å². The molecule has 1 unspecified atom stereocenters. The highest BCUT2D eigenvalue weighted by Gasteiger charge is 2.44. The maximum absolute atomic E-state index is 12.8. The highest BCUT2D eigenvalue weighted by molar-refractivity contribution is 7.89. The zero-order chi connectivity index (χ0) is 24.2. The molecule has 0 aliphatic carbocycles. The molecule has 15 heteroatoms. The minimum atomic E-state index is -4.50. The lowest BCUT2D eigenvalue weighted by atomic mass is 9.92. The quantitative estimate of drug-likeness (QED) is 0.166. The first kappa shape index (κ1) is 25.2. The minimum absolute atomic E-state index is 0.514. The predicted octanol–water partition coefficient (Wildman–Crippen LogP) is -2.17. The average molecular weight is 475 g/mol. The van der Waals surface area contributed by atoms with Gasteiger partial charge in [-0.25, -0.2) is 17.9 Å². The summed E-state index contributed by atoms with van der Waals surface area (Å²) in [5, 5.41) is 51.7. The number of sulfonamides is 1. The molecule has 0 fully saturated rings. The van der Waals surface area contributed by atoms with Crippen molar-refractivity contribution in [1.82, 2.24) is 10.0 Å². The number of carbonyl (C=O) groups excluding carboxylic acids is 1. The Morgan fingerprint density at radius 3 is 2.50 bits per heavy atom. The number of rotatable bonds is 9. The van der Waals surface area contributed by atoms with E-state index >= 15 is 0 Å². The topological polar surface area (TPSA) is 226 Å². The molecule has 1 aliphatic rings. The summed E-state index contributed by atoms with van der Waals surface area (Å²) in [6, 6.07) is 1.09. The largest absolute Gasteiger partial charge is 0.478 e. The predicted molar refractivity (Wildman–Crippen MR) is 105 cm³/mol. The van der Waals surface area contributed by atoms with Crippen molar-refractivity contribution in [3.05, 3.63) is 46.2 Å². The molecular weight excluding hydrogens is 454 g/mol. The summed E-state index contributed by atoms with van der Waals surface area (Å²) in [6.07, 6.45) is -4.59. The van der Waals surface area contributed by atoms with Crippen LogP contribution in [-0.2, 0) is 24.3 Å². The molecular formula is C17H21N3O11S. The second-order valence-corrected chi connectivity index (χ2v) is 8.50. The van der Waals surface area contributed by atoms with E-state index < -0.39 is 80.2 Å². The van der Waals surface area contributed by atoms with Crippen molar-refractivity contribution in [3.63, 3.8) is 0 Å². The van der Waals surface area contributed by atoms with Gasteiger partial charge in [0.25, 0.3) is 5.69 Å². The normalized spacial score (nSPS) is 22.8. The van der Waals surface area contributed by atoms with Gasteiger partial charge >= 0.3 is 5.97 Å². The van der Waals surface area contributed by atoms with Gasteiger partial charge in [0.05, 0.1) is 28.5 Å². The number of benzene rings is 1. The van der Waals surface area contributed by atoms with Crippen LogP contribution in [0.1, 0.15) is 6.92 Å². The van der Waals surface area contributed by atoms with Crippen molar-refractivity contribution >= 4 is 27.6 Å². The van der Waals surface area contributed by atoms with Gasteiger partial charge in [-0.15, -0.1) is 0 Å². The van der Waals surface area contributed by atoms with E-state index in [1.54, 1.807) is 0 Å². The number of amides is 1. The Kier molecular flexibility index (Phi) is 7.87. The smallest absolute Gasteiger partial charge is 0.370 e. The molecule has 0 bridgehead atoms. The van der Waals surface area contributed by atoms with Crippen LogP contribution >= 0.6 is 0 Å². The van der Waals surface area contributed by atoms with Crippen LogP contribution in [-0.4, -0.2) is 82.6 Å². The van der Waals surface area contributed by atoms with Gasteiger partial charge in [-0.2, -0.15) is 0 Å². The van der Waals surface area contributed by atoms with Crippen molar-refractivity contribution in [2.45, 2.75) is 42.2 Å². The zero-order valence-corrected chi connectivity index (χ0v) is 17.3. The molecule has 0 aromatic heterocycles. The fourth-order valence-electron chi connectivity index (χ4n) is 2.99. The molecule has 1 heterocycles. The van der Waals surface area contributed by atoms with Crippen LogP contribution in [0.4, 0.5) is 5.69 Å². The van der Waals surface area contributed by atoms with Crippen LogP contribution < -0.4 is 10.0 Å². The SMILES string of the molecule is CC(=O)N[C@H]1[C@H]([C@H](O)C(O)CO)OC(C(=O)O)=C[C@@H]1NS(=O)(=O)c1cccc([N+](=O)[O-])c1. The molecule has 6 N–H and O–H groups in total. The number of nitro benzene ring substituents is 1. The number of hydrogen-bond acceptors (Lipinski definition) is 10. The van der Waals surface area contributed by atoms with Gasteiger partial charge in [0, 0.05) is 19.1 Å². The first-order valence-corrected chi connectivity index (χ1v) is 10.5. The number of carbonyl (C=O) groups is 2. The minimum Gasteiger partial charge on any atom is -0.478 e. The third-order valence-corrected chi connectivity index (χ3v) is 5.92. The number of nitrogens with one attached hydrogen (secondary N) is 2. The van der Waals surface area contributed by atoms with Gasteiger partial charge in [0.2, 0.25) is 21.7 Å². The molecule has 0 spiro atoms. The maximum atomic E-state index is 12.8. The number of aliphatic carboxylic acids is 1. The van der Waals surface area contributed by atoms with Gasteiger partial charge in [0.1, 0.15) is 18.3 Å². The summed E-state index contributed by atoms with van der Waals surface area (Å²) >= 11 is 0. The second kappa shape index (κ2) is 10.0. The third kappa shape index (κ3) is 5.77. The van der Waals surface area contributed by atoms with Gasteiger partial charge < -0.3 is 30.5 Å². The Hall–Kier alpha value is -3.11. The van der Waals surface area contributed by atoms with E-state index in [0.717, 1.165) is 37.3 Å². The fourth-order valence-corrected chi connectivity index (χ4v) is 4.23. The molecule has 1 aliphatic heterocycles. The number of hydrogen-bond donors (Lipinski definition) is 6. The number of non-ortho nitro benzene ring substituents is 1. The molecule has 0 saturated carbocycles. The van der Waals surface area contributed by atoms with E-state index in [0.29, 0.717) is 0 Å². The van der Waals surface area contributed by atoms with Crippen molar-refractivity contribution in [2.24, 2.45) is 0 Å². The molecule has 14 nitrogen and oxygen atoms in total. The number of nitrogens with zero attached hydrogens (tertiary/aromatic N) is 1. The van der Waals surface area contributed by atoms with Crippen LogP contribution in [0.5, 0.6) is 0 Å². The number of carboxylic acid groups (broad SMARTS) is 1. The lowest BCUT2D eigenvalue weighted by molar-refractivity contribution is -0.385. The Balaban J connectivity index is 2.51. The number of aliphatic hydroxyl groups excluding tert-OH is 3. The molecule has 0 saturated heterocycles. The van der Waals surface area contributed by atoms with E-state index in [1.165, 1.54) is 0 Å². The van der Waals surface area contributed by atoms with Crippen molar-refractivity contribution < 1.29 is 48.1 Å². The molecule has 32 heavy (non-hydrogen) atoms. The van der Waals surface area contributed by atoms with Gasteiger partial charge in [0.15, 0.2) is 0 Å². The second-order valence-electron chi connectivity index (χ2n) is 6.79. The fraction of sp³-hybridized carbons (Fsp3) is 0.412. The van der Waals surface area contributed by atoms with E-state index in [9.17, 15) is 43.4 Å². The number of carboxylic acids is 1. The molecule has 176 valence electrons. The molecule has 5 atom stereocenters. The van der Waals surface area contributed by atoms with E-state index in [4.69, 9.17) is 9.84 Å². The lowest BCUT2D eigenvalue weighted by Gasteiger charge is -2.39. The van der Waals surface area contributed by atoms with Gasteiger partial charge in [-0.1, -0.05) is 6.07 Å². The molecule has 1 aromatic rings.